The summed E-state index contributed by atoms with van der Waals surface area (Å²) >= 11 is 0. The Morgan fingerprint density at radius 2 is 1.87 bits per heavy atom. The van der Waals surface area contributed by atoms with Crippen molar-refractivity contribution >= 4 is 0 Å². The summed E-state index contributed by atoms with van der Waals surface area (Å²) in [5, 5.41) is 20.0. The zero-order chi connectivity index (χ0) is 16.8. The lowest BCUT2D eigenvalue weighted by atomic mass is 9.50. The molecule has 23 heavy (non-hydrogen) atoms. The van der Waals surface area contributed by atoms with Gasteiger partial charge in [0.2, 0.25) is 0 Å². The molecule has 2 atom stereocenters. The Balaban J connectivity index is 2.01. The van der Waals surface area contributed by atoms with E-state index in [1.807, 2.05) is 0 Å². The maximum absolute atomic E-state index is 10.2. The summed E-state index contributed by atoms with van der Waals surface area (Å²) in [5.74, 6) is 1.24. The number of phenols is 2. The van der Waals surface area contributed by atoms with Crippen molar-refractivity contribution < 1.29 is 10.2 Å². The fourth-order valence-corrected chi connectivity index (χ4v) is 5.45. The average Bonchev–Trinajstić information content (AvgIpc) is 2.45. The quantitative estimate of drug-likeness (QED) is 0.552. The van der Waals surface area contributed by atoms with Crippen molar-refractivity contribution in [1.82, 2.24) is 0 Å². The molecular formula is C21H30O2. The summed E-state index contributed by atoms with van der Waals surface area (Å²) in [6.07, 6.45) is 7.05. The average molecular weight is 314 g/mol. The molecule has 0 radical (unpaired) electrons. The van der Waals surface area contributed by atoms with Gasteiger partial charge in [-0.1, -0.05) is 38.3 Å². The standard InChI is InChI=1S/C21H30O2/c1-14-6-9-19-20(2,3)10-5-11-21(19,4)17(14)13-15-12-16(22)7-8-18(15)23/h7-8,12,19,22-23H,5-6,9-11,13H2,1-4H3/t19-,21+/m0/s1. The van der Waals surface area contributed by atoms with Crippen LogP contribution in [0, 0.1) is 16.7 Å². The normalized spacial score (nSPS) is 30.2. The van der Waals surface area contributed by atoms with E-state index in [1.165, 1.54) is 43.3 Å². The van der Waals surface area contributed by atoms with Gasteiger partial charge >= 0.3 is 0 Å². The van der Waals surface area contributed by atoms with E-state index in [1.54, 1.807) is 18.2 Å². The molecule has 2 heteroatoms. The summed E-state index contributed by atoms with van der Waals surface area (Å²) in [6.45, 7) is 9.56. The molecule has 2 aliphatic carbocycles. The molecule has 0 aliphatic heterocycles. The number of rotatable bonds is 2. The molecule has 0 saturated heterocycles. The minimum absolute atomic E-state index is 0.224. The summed E-state index contributed by atoms with van der Waals surface area (Å²) in [5.41, 5.74) is 4.46. The molecule has 0 spiro atoms. The van der Waals surface area contributed by atoms with Crippen LogP contribution in [-0.4, -0.2) is 10.2 Å². The van der Waals surface area contributed by atoms with E-state index < -0.39 is 0 Å². The van der Waals surface area contributed by atoms with E-state index in [2.05, 4.69) is 27.7 Å². The van der Waals surface area contributed by atoms with Crippen LogP contribution >= 0.6 is 0 Å². The number of aromatic hydroxyl groups is 2. The van der Waals surface area contributed by atoms with Crippen molar-refractivity contribution in [1.29, 1.82) is 0 Å². The monoisotopic (exact) mass is 314 g/mol. The number of hydrogen-bond donors (Lipinski definition) is 2. The molecule has 0 unspecified atom stereocenters. The van der Waals surface area contributed by atoms with Gasteiger partial charge in [-0.05, 0) is 74.0 Å². The van der Waals surface area contributed by atoms with Gasteiger partial charge in [-0.15, -0.1) is 0 Å². The van der Waals surface area contributed by atoms with Gasteiger partial charge in [0, 0.05) is 5.56 Å². The zero-order valence-corrected chi connectivity index (χ0v) is 14.9. The SMILES string of the molecule is CC1=C(Cc2cc(O)ccc2O)[C@@]2(C)CCCC(C)(C)[C@@H]2CC1. The number of hydrogen-bond acceptors (Lipinski definition) is 2. The molecule has 0 aromatic heterocycles. The second-order valence-corrected chi connectivity index (χ2v) is 8.60. The smallest absolute Gasteiger partial charge is 0.119 e. The number of phenolic OH excluding ortho intramolecular Hbond substituents is 2. The van der Waals surface area contributed by atoms with Gasteiger partial charge in [0.15, 0.2) is 0 Å². The van der Waals surface area contributed by atoms with Crippen LogP contribution in [-0.2, 0) is 6.42 Å². The molecule has 1 aromatic rings. The molecule has 1 fully saturated rings. The van der Waals surface area contributed by atoms with Gasteiger partial charge in [0.25, 0.3) is 0 Å². The number of fused-ring (bicyclic) bond motifs is 1. The number of benzene rings is 1. The molecule has 0 amide bonds. The molecular weight excluding hydrogens is 284 g/mol. The fraction of sp³-hybridized carbons (Fsp3) is 0.619. The molecule has 1 saturated carbocycles. The second kappa shape index (κ2) is 5.58. The third-order valence-corrected chi connectivity index (χ3v) is 6.67. The Kier molecular flexibility index (Phi) is 3.98. The van der Waals surface area contributed by atoms with E-state index in [0.717, 1.165) is 12.0 Å². The lowest BCUT2D eigenvalue weighted by Crippen LogP contribution is -2.45. The Labute approximate surface area is 140 Å². The highest BCUT2D eigenvalue weighted by molar-refractivity contribution is 5.43. The Morgan fingerprint density at radius 3 is 2.61 bits per heavy atom. The van der Waals surface area contributed by atoms with Gasteiger partial charge in [0.1, 0.15) is 11.5 Å². The maximum atomic E-state index is 10.2. The first kappa shape index (κ1) is 16.4. The zero-order valence-electron chi connectivity index (χ0n) is 14.9. The van der Waals surface area contributed by atoms with E-state index in [4.69, 9.17) is 0 Å². The van der Waals surface area contributed by atoms with Crippen molar-refractivity contribution in [3.8, 4) is 11.5 Å². The van der Waals surface area contributed by atoms with Crippen LogP contribution in [0.5, 0.6) is 11.5 Å². The highest BCUT2D eigenvalue weighted by Gasteiger charge is 2.49. The minimum Gasteiger partial charge on any atom is -0.508 e. The van der Waals surface area contributed by atoms with Crippen molar-refractivity contribution in [2.45, 2.75) is 66.2 Å². The lowest BCUT2D eigenvalue weighted by Gasteiger charge is -2.55. The summed E-state index contributed by atoms with van der Waals surface area (Å²) in [7, 11) is 0. The van der Waals surface area contributed by atoms with Crippen LogP contribution in [0.15, 0.2) is 29.3 Å². The van der Waals surface area contributed by atoms with E-state index in [9.17, 15) is 10.2 Å². The van der Waals surface area contributed by atoms with Gasteiger partial charge in [-0.3, -0.25) is 0 Å². The van der Waals surface area contributed by atoms with Crippen LogP contribution in [0.4, 0.5) is 0 Å². The van der Waals surface area contributed by atoms with E-state index in [-0.39, 0.29) is 11.2 Å². The van der Waals surface area contributed by atoms with E-state index in [0.29, 0.717) is 17.1 Å². The number of allylic oxidation sites excluding steroid dienone is 2. The minimum atomic E-state index is 0.224. The van der Waals surface area contributed by atoms with Gasteiger partial charge in [-0.25, -0.2) is 0 Å². The van der Waals surface area contributed by atoms with Gasteiger partial charge in [0.05, 0.1) is 0 Å². The largest absolute Gasteiger partial charge is 0.508 e. The summed E-state index contributed by atoms with van der Waals surface area (Å²) in [6, 6.07) is 4.87. The first-order valence-corrected chi connectivity index (χ1v) is 8.94. The van der Waals surface area contributed by atoms with Crippen molar-refractivity contribution in [2.75, 3.05) is 0 Å². The van der Waals surface area contributed by atoms with Crippen molar-refractivity contribution in [3.05, 3.63) is 34.9 Å². The van der Waals surface area contributed by atoms with Crippen LogP contribution in [0.25, 0.3) is 0 Å². The summed E-state index contributed by atoms with van der Waals surface area (Å²) in [4.78, 5) is 0. The summed E-state index contributed by atoms with van der Waals surface area (Å²) < 4.78 is 0. The molecule has 1 aromatic carbocycles. The lowest BCUT2D eigenvalue weighted by molar-refractivity contribution is 0.0112. The Morgan fingerprint density at radius 1 is 1.13 bits per heavy atom. The maximum Gasteiger partial charge on any atom is 0.119 e. The highest BCUT2D eigenvalue weighted by atomic mass is 16.3. The Hall–Kier alpha value is -1.44. The molecule has 126 valence electrons. The van der Waals surface area contributed by atoms with Crippen LogP contribution < -0.4 is 0 Å². The highest BCUT2D eigenvalue weighted by Crippen LogP contribution is 2.60. The molecule has 2 nitrogen and oxygen atoms in total. The van der Waals surface area contributed by atoms with Crippen LogP contribution in [0.3, 0.4) is 0 Å². The topological polar surface area (TPSA) is 40.5 Å². The first-order valence-electron chi connectivity index (χ1n) is 8.94. The van der Waals surface area contributed by atoms with Crippen molar-refractivity contribution in [3.63, 3.8) is 0 Å². The van der Waals surface area contributed by atoms with E-state index >= 15 is 0 Å². The van der Waals surface area contributed by atoms with Crippen molar-refractivity contribution in [2.24, 2.45) is 16.7 Å². The van der Waals surface area contributed by atoms with Crippen LogP contribution in [0.2, 0.25) is 0 Å². The molecule has 0 heterocycles. The third-order valence-electron chi connectivity index (χ3n) is 6.67. The van der Waals surface area contributed by atoms with Gasteiger partial charge < -0.3 is 10.2 Å². The first-order chi connectivity index (χ1) is 10.7. The molecule has 2 N–H and O–H groups in total. The molecule has 0 bridgehead atoms. The fourth-order valence-electron chi connectivity index (χ4n) is 5.45. The second-order valence-electron chi connectivity index (χ2n) is 8.60. The van der Waals surface area contributed by atoms with Crippen LogP contribution in [0.1, 0.15) is 65.4 Å². The third kappa shape index (κ3) is 2.77. The predicted octanol–water partition coefficient (Wildman–Crippen LogP) is 5.58. The molecule has 2 aliphatic rings. The molecule has 3 rings (SSSR count). The van der Waals surface area contributed by atoms with Gasteiger partial charge in [-0.2, -0.15) is 0 Å². The Bertz CT molecular complexity index is 641. The predicted molar refractivity (Wildman–Crippen MR) is 94.6 cm³/mol.